The number of rotatable bonds is 6. The van der Waals surface area contributed by atoms with E-state index in [2.05, 4.69) is 25.3 Å². The molecule has 0 radical (unpaired) electrons. The summed E-state index contributed by atoms with van der Waals surface area (Å²) < 4.78 is 4.35. The number of ketones is 1. The smallest absolute Gasteiger partial charge is 0.230 e. The molecule has 5 aromatic heterocycles. The lowest BCUT2D eigenvalue weighted by molar-refractivity contribution is -0.115. The van der Waals surface area contributed by atoms with Crippen LogP contribution in [0.25, 0.3) is 16.0 Å². The zero-order valence-corrected chi connectivity index (χ0v) is 19.3. The lowest BCUT2D eigenvalue weighted by Gasteiger charge is -2.07. The first-order valence-corrected chi connectivity index (χ1v) is 11.3. The van der Waals surface area contributed by atoms with Crippen LogP contribution in [0.1, 0.15) is 41.5 Å². The van der Waals surface area contributed by atoms with E-state index < -0.39 is 0 Å². The van der Waals surface area contributed by atoms with Crippen molar-refractivity contribution in [2.45, 2.75) is 26.3 Å². The summed E-state index contributed by atoms with van der Waals surface area (Å²) >= 11 is 7.30. The number of hydrogen-bond acceptors (Lipinski definition) is 7. The fourth-order valence-corrected chi connectivity index (χ4v) is 4.65. The van der Waals surface area contributed by atoms with E-state index in [9.17, 15) is 9.59 Å². The van der Waals surface area contributed by atoms with Gasteiger partial charge < -0.3 is 9.88 Å². The van der Waals surface area contributed by atoms with Crippen LogP contribution in [0, 0.1) is 0 Å². The highest BCUT2D eigenvalue weighted by atomic mass is 35.5. The van der Waals surface area contributed by atoms with Gasteiger partial charge >= 0.3 is 0 Å². The molecule has 5 rings (SSSR count). The standard InChI is InChI=1S/C22H18ClN7O2S/c1-12(2)30-9-17(16-7-25-11-26-21(16)30)20(32)13-3-14(6-24-5-13)27-19(31)4-15-8-29-10-18(23)33-22(29)28-15/h3,5-12H,4H2,1-2H3,(H,27,31). The maximum absolute atomic E-state index is 13.3. The number of pyridine rings is 1. The molecule has 0 spiro atoms. The summed E-state index contributed by atoms with van der Waals surface area (Å²) in [6, 6.07) is 1.74. The molecular weight excluding hydrogens is 462 g/mol. The molecule has 0 unspecified atom stereocenters. The molecule has 0 aliphatic heterocycles. The lowest BCUT2D eigenvalue weighted by Crippen LogP contribution is -2.15. The van der Waals surface area contributed by atoms with Gasteiger partial charge in [-0.3, -0.25) is 19.0 Å². The Morgan fingerprint density at radius 1 is 1.15 bits per heavy atom. The summed E-state index contributed by atoms with van der Waals surface area (Å²) in [6.07, 6.45) is 11.5. The Balaban J connectivity index is 1.36. The highest BCUT2D eigenvalue weighted by Gasteiger charge is 2.20. The minimum absolute atomic E-state index is 0.0867. The minimum Gasteiger partial charge on any atom is -0.329 e. The van der Waals surface area contributed by atoms with Gasteiger partial charge in [-0.15, -0.1) is 0 Å². The number of imidazole rings is 1. The van der Waals surface area contributed by atoms with Gasteiger partial charge in [0.05, 0.1) is 29.6 Å². The number of aromatic nitrogens is 6. The van der Waals surface area contributed by atoms with Crippen LogP contribution in [-0.2, 0) is 11.2 Å². The van der Waals surface area contributed by atoms with Crippen LogP contribution in [0.5, 0.6) is 0 Å². The largest absolute Gasteiger partial charge is 0.329 e. The zero-order valence-electron chi connectivity index (χ0n) is 17.7. The maximum atomic E-state index is 13.3. The average molecular weight is 480 g/mol. The summed E-state index contributed by atoms with van der Waals surface area (Å²) in [7, 11) is 0. The SMILES string of the molecule is CC(C)n1cc(C(=O)c2cncc(NC(=O)Cc3cn4cc(Cl)sc4n3)c2)c2cncnc21. The molecule has 5 heterocycles. The van der Waals surface area contributed by atoms with Gasteiger partial charge in [0.1, 0.15) is 16.3 Å². The van der Waals surface area contributed by atoms with Gasteiger partial charge in [0.25, 0.3) is 0 Å². The van der Waals surface area contributed by atoms with Gasteiger partial charge in [0.15, 0.2) is 10.7 Å². The number of amides is 1. The van der Waals surface area contributed by atoms with Crippen molar-refractivity contribution in [3.8, 4) is 0 Å². The number of nitrogens with zero attached hydrogens (tertiary/aromatic N) is 6. The highest BCUT2D eigenvalue weighted by Crippen LogP contribution is 2.25. The second-order valence-corrected chi connectivity index (χ2v) is 9.42. The number of thiazole rings is 1. The molecule has 1 amide bonds. The number of halogens is 1. The molecule has 5 aromatic rings. The Morgan fingerprint density at radius 3 is 2.79 bits per heavy atom. The summed E-state index contributed by atoms with van der Waals surface area (Å²) in [6.45, 7) is 4.04. The van der Waals surface area contributed by atoms with Crippen molar-refractivity contribution in [3.63, 3.8) is 0 Å². The Kier molecular flexibility index (Phi) is 5.39. The van der Waals surface area contributed by atoms with Crippen molar-refractivity contribution in [1.29, 1.82) is 0 Å². The lowest BCUT2D eigenvalue weighted by atomic mass is 10.1. The molecule has 1 N–H and O–H groups in total. The summed E-state index contributed by atoms with van der Waals surface area (Å²) in [5.74, 6) is -0.480. The first-order chi connectivity index (χ1) is 15.9. The molecule has 33 heavy (non-hydrogen) atoms. The van der Waals surface area contributed by atoms with Crippen molar-refractivity contribution < 1.29 is 9.59 Å². The fraction of sp³-hybridized carbons (Fsp3) is 0.182. The number of hydrogen-bond donors (Lipinski definition) is 1. The first kappa shape index (κ1) is 21.2. The molecule has 0 atom stereocenters. The Hall–Kier alpha value is -3.63. The third-order valence-electron chi connectivity index (χ3n) is 5.10. The number of nitrogens with one attached hydrogen (secondary N) is 1. The highest BCUT2D eigenvalue weighted by molar-refractivity contribution is 7.20. The molecule has 9 nitrogen and oxygen atoms in total. The third kappa shape index (κ3) is 4.10. The minimum atomic E-state index is -0.261. The van der Waals surface area contributed by atoms with Crippen molar-refractivity contribution >= 4 is 56.3 Å². The molecule has 11 heteroatoms. The monoisotopic (exact) mass is 479 g/mol. The van der Waals surface area contributed by atoms with Crippen LogP contribution < -0.4 is 5.32 Å². The van der Waals surface area contributed by atoms with E-state index in [1.54, 1.807) is 35.3 Å². The molecule has 0 saturated carbocycles. The number of carbonyl (C=O) groups excluding carboxylic acids is 2. The van der Waals surface area contributed by atoms with Crippen LogP contribution in [0.15, 0.2) is 49.6 Å². The molecule has 0 bridgehead atoms. The van der Waals surface area contributed by atoms with Crippen LogP contribution in [0.3, 0.4) is 0 Å². The third-order valence-corrected chi connectivity index (χ3v) is 6.21. The van der Waals surface area contributed by atoms with E-state index in [1.807, 2.05) is 18.4 Å². The van der Waals surface area contributed by atoms with Crippen LogP contribution in [0.2, 0.25) is 4.34 Å². The molecule has 0 fully saturated rings. The van der Waals surface area contributed by atoms with Gasteiger partial charge in [-0.1, -0.05) is 22.9 Å². The second-order valence-electron chi connectivity index (χ2n) is 7.78. The molecular formula is C22H18ClN7O2S. The molecule has 0 aromatic carbocycles. The quantitative estimate of drug-likeness (QED) is 0.366. The first-order valence-electron chi connectivity index (χ1n) is 10.1. The van der Waals surface area contributed by atoms with E-state index in [0.717, 1.165) is 4.96 Å². The Morgan fingerprint density at radius 2 is 2.00 bits per heavy atom. The van der Waals surface area contributed by atoms with Gasteiger partial charge in [0, 0.05) is 48.0 Å². The molecule has 0 aliphatic rings. The van der Waals surface area contributed by atoms with Crippen LogP contribution >= 0.6 is 22.9 Å². The number of anilines is 1. The predicted molar refractivity (Wildman–Crippen MR) is 126 cm³/mol. The van der Waals surface area contributed by atoms with Gasteiger partial charge in [-0.05, 0) is 19.9 Å². The van der Waals surface area contributed by atoms with E-state index in [4.69, 9.17) is 11.6 Å². The van der Waals surface area contributed by atoms with E-state index in [0.29, 0.717) is 37.9 Å². The van der Waals surface area contributed by atoms with Crippen molar-refractivity contribution in [2.24, 2.45) is 0 Å². The summed E-state index contributed by atoms with van der Waals surface area (Å²) in [4.78, 5) is 43.5. The van der Waals surface area contributed by atoms with Gasteiger partial charge in [-0.25, -0.2) is 15.0 Å². The van der Waals surface area contributed by atoms with Crippen LogP contribution in [-0.4, -0.2) is 40.6 Å². The summed E-state index contributed by atoms with van der Waals surface area (Å²) in [5.41, 5.74) is 2.59. The number of carbonyl (C=O) groups is 2. The Labute approximate surface area is 197 Å². The van der Waals surface area contributed by atoms with Crippen molar-refractivity contribution in [2.75, 3.05) is 5.32 Å². The summed E-state index contributed by atoms with van der Waals surface area (Å²) in [5, 5.41) is 3.46. The number of fused-ring (bicyclic) bond motifs is 2. The molecule has 0 saturated heterocycles. The second kappa shape index (κ2) is 8.38. The van der Waals surface area contributed by atoms with Crippen molar-refractivity contribution in [1.82, 2.24) is 28.9 Å². The van der Waals surface area contributed by atoms with Gasteiger partial charge in [-0.2, -0.15) is 0 Å². The van der Waals surface area contributed by atoms with E-state index in [1.165, 1.54) is 30.1 Å². The molecule has 166 valence electrons. The van der Waals surface area contributed by atoms with Crippen LogP contribution in [0.4, 0.5) is 5.69 Å². The normalized spacial score (nSPS) is 11.5. The maximum Gasteiger partial charge on any atom is 0.230 e. The zero-order chi connectivity index (χ0) is 23.1. The predicted octanol–water partition coefficient (Wildman–Crippen LogP) is 4.18. The van der Waals surface area contributed by atoms with Gasteiger partial charge in [0.2, 0.25) is 5.91 Å². The van der Waals surface area contributed by atoms with E-state index in [-0.39, 0.29) is 24.2 Å². The van der Waals surface area contributed by atoms with Crippen molar-refractivity contribution in [3.05, 3.63) is 70.7 Å². The average Bonchev–Trinajstić information content (AvgIpc) is 3.44. The van der Waals surface area contributed by atoms with E-state index >= 15 is 0 Å². The molecule has 0 aliphatic carbocycles. The fourth-order valence-electron chi connectivity index (χ4n) is 3.62. The Bertz CT molecular complexity index is 1490. The topological polar surface area (TPSA) is 107 Å².